The monoisotopic (exact) mass is 313 g/mol. The maximum absolute atomic E-state index is 12.7. The molecule has 1 heterocycles. The zero-order chi connectivity index (χ0) is 15.4. The number of aromatic nitrogens is 4. The fraction of sp³-hybridized carbons (Fsp3) is 0.0667. The van der Waals surface area contributed by atoms with Gasteiger partial charge in [0.2, 0.25) is 0 Å². The number of nitrogens with zero attached hydrogens (tertiary/aromatic N) is 4. The number of rotatable bonds is 4. The highest BCUT2D eigenvalue weighted by molar-refractivity contribution is 6.30. The van der Waals surface area contributed by atoms with E-state index in [1.807, 2.05) is 30.3 Å². The van der Waals surface area contributed by atoms with Gasteiger partial charge in [0.1, 0.15) is 6.33 Å². The van der Waals surface area contributed by atoms with Crippen molar-refractivity contribution in [3.63, 3.8) is 0 Å². The summed E-state index contributed by atoms with van der Waals surface area (Å²) in [4.78, 5) is 12.7. The molecule has 1 amide bonds. The van der Waals surface area contributed by atoms with Gasteiger partial charge in [0.15, 0.2) is 6.04 Å². The van der Waals surface area contributed by atoms with Crippen molar-refractivity contribution >= 4 is 23.2 Å². The normalized spacial score (nSPS) is 11.9. The minimum Gasteiger partial charge on any atom is -0.324 e. The molecule has 0 aliphatic rings. The highest BCUT2D eigenvalue weighted by Gasteiger charge is 2.23. The Bertz CT molecular complexity index is 761. The second kappa shape index (κ2) is 6.36. The maximum Gasteiger partial charge on any atom is 0.253 e. The van der Waals surface area contributed by atoms with Crippen molar-refractivity contribution in [1.29, 1.82) is 0 Å². The SMILES string of the molecule is O=C(Nc1cccc(Cl)c1)C(c1ccccc1)n1cnnn1. The van der Waals surface area contributed by atoms with Crippen molar-refractivity contribution in [2.45, 2.75) is 6.04 Å². The molecule has 22 heavy (non-hydrogen) atoms. The molecule has 7 heteroatoms. The Balaban J connectivity index is 1.91. The number of hydrogen-bond donors (Lipinski definition) is 1. The van der Waals surface area contributed by atoms with Gasteiger partial charge >= 0.3 is 0 Å². The van der Waals surface area contributed by atoms with Crippen LogP contribution in [0.2, 0.25) is 5.02 Å². The largest absolute Gasteiger partial charge is 0.324 e. The summed E-state index contributed by atoms with van der Waals surface area (Å²) in [5.74, 6) is -0.249. The Morgan fingerprint density at radius 2 is 1.95 bits per heavy atom. The maximum atomic E-state index is 12.7. The smallest absolute Gasteiger partial charge is 0.253 e. The average Bonchev–Trinajstić information content (AvgIpc) is 3.02. The molecule has 0 aliphatic heterocycles. The molecule has 0 fully saturated rings. The molecule has 3 rings (SSSR count). The van der Waals surface area contributed by atoms with Crippen molar-refractivity contribution in [1.82, 2.24) is 20.2 Å². The summed E-state index contributed by atoms with van der Waals surface area (Å²) in [6, 6.07) is 15.6. The van der Waals surface area contributed by atoms with Crippen molar-refractivity contribution in [2.24, 2.45) is 0 Å². The molecule has 2 aromatic carbocycles. The van der Waals surface area contributed by atoms with Crippen LogP contribution >= 0.6 is 11.6 Å². The van der Waals surface area contributed by atoms with Gasteiger partial charge in [-0.1, -0.05) is 48.0 Å². The van der Waals surface area contributed by atoms with Crippen LogP contribution in [0.15, 0.2) is 60.9 Å². The van der Waals surface area contributed by atoms with Crippen LogP contribution in [0.5, 0.6) is 0 Å². The minimum atomic E-state index is -0.657. The molecule has 3 aromatic rings. The van der Waals surface area contributed by atoms with Crippen LogP contribution in [0.25, 0.3) is 0 Å². The van der Waals surface area contributed by atoms with Gasteiger partial charge in [-0.15, -0.1) is 5.10 Å². The topological polar surface area (TPSA) is 72.7 Å². The summed E-state index contributed by atoms with van der Waals surface area (Å²) < 4.78 is 1.41. The number of hydrogen-bond acceptors (Lipinski definition) is 4. The molecule has 0 saturated heterocycles. The third-order valence-corrected chi connectivity index (χ3v) is 3.32. The first kappa shape index (κ1) is 14.2. The first-order chi connectivity index (χ1) is 10.7. The molecular formula is C15H12ClN5O. The van der Waals surface area contributed by atoms with Gasteiger partial charge in [0.25, 0.3) is 5.91 Å². The fourth-order valence-electron chi connectivity index (χ4n) is 2.12. The van der Waals surface area contributed by atoms with Gasteiger partial charge in [-0.25, -0.2) is 4.68 Å². The number of benzene rings is 2. The van der Waals surface area contributed by atoms with E-state index in [1.165, 1.54) is 11.0 Å². The second-order valence-electron chi connectivity index (χ2n) is 4.60. The van der Waals surface area contributed by atoms with Crippen LogP contribution in [0, 0.1) is 0 Å². The average molecular weight is 314 g/mol. The summed E-state index contributed by atoms with van der Waals surface area (Å²) in [5.41, 5.74) is 1.40. The van der Waals surface area contributed by atoms with Crippen LogP contribution < -0.4 is 5.32 Å². The fourth-order valence-corrected chi connectivity index (χ4v) is 2.31. The standard InChI is InChI=1S/C15H12ClN5O/c16-12-7-4-8-13(9-12)18-15(22)14(21-10-17-19-20-21)11-5-2-1-3-6-11/h1-10,14H,(H,18,22). The summed E-state index contributed by atoms with van der Waals surface area (Å²) in [7, 11) is 0. The molecule has 110 valence electrons. The second-order valence-corrected chi connectivity index (χ2v) is 5.04. The van der Waals surface area contributed by atoms with Crippen LogP contribution in [0.4, 0.5) is 5.69 Å². The van der Waals surface area contributed by atoms with Crippen molar-refractivity contribution in [3.8, 4) is 0 Å². The van der Waals surface area contributed by atoms with Crippen LogP contribution in [-0.2, 0) is 4.79 Å². The molecule has 1 atom stereocenters. The van der Waals surface area contributed by atoms with Gasteiger partial charge in [-0.05, 0) is 34.2 Å². The Morgan fingerprint density at radius 1 is 1.14 bits per heavy atom. The molecule has 0 bridgehead atoms. The molecule has 0 aliphatic carbocycles. The predicted molar refractivity (Wildman–Crippen MR) is 82.5 cm³/mol. The number of carbonyl (C=O) groups is 1. The lowest BCUT2D eigenvalue weighted by atomic mass is 10.1. The molecule has 0 radical (unpaired) electrons. The number of carbonyl (C=O) groups excluding carboxylic acids is 1. The van der Waals surface area contributed by atoms with Gasteiger partial charge in [-0.2, -0.15) is 0 Å². The molecule has 0 saturated carbocycles. The van der Waals surface area contributed by atoms with E-state index < -0.39 is 6.04 Å². The Hall–Kier alpha value is -2.73. The van der Waals surface area contributed by atoms with Crippen LogP contribution in [-0.4, -0.2) is 26.1 Å². The number of anilines is 1. The quantitative estimate of drug-likeness (QED) is 0.803. The van der Waals surface area contributed by atoms with E-state index in [-0.39, 0.29) is 5.91 Å². The number of tetrazole rings is 1. The minimum absolute atomic E-state index is 0.249. The van der Waals surface area contributed by atoms with Crippen LogP contribution in [0.1, 0.15) is 11.6 Å². The summed E-state index contributed by atoms with van der Waals surface area (Å²) in [6.45, 7) is 0. The number of amides is 1. The van der Waals surface area contributed by atoms with E-state index in [1.54, 1.807) is 24.3 Å². The van der Waals surface area contributed by atoms with Crippen molar-refractivity contribution < 1.29 is 4.79 Å². The van der Waals surface area contributed by atoms with E-state index in [4.69, 9.17) is 11.6 Å². The van der Waals surface area contributed by atoms with Crippen LogP contribution in [0.3, 0.4) is 0 Å². The molecule has 1 N–H and O–H groups in total. The highest BCUT2D eigenvalue weighted by atomic mass is 35.5. The molecule has 1 aromatic heterocycles. The Morgan fingerprint density at radius 3 is 2.64 bits per heavy atom. The van der Waals surface area contributed by atoms with Gasteiger partial charge < -0.3 is 5.32 Å². The third kappa shape index (κ3) is 3.12. The molecular weight excluding hydrogens is 302 g/mol. The van der Waals surface area contributed by atoms with E-state index in [0.29, 0.717) is 10.7 Å². The Kier molecular flexibility index (Phi) is 4.11. The molecule has 1 unspecified atom stereocenters. The third-order valence-electron chi connectivity index (χ3n) is 3.09. The summed E-state index contributed by atoms with van der Waals surface area (Å²) in [6.07, 6.45) is 1.41. The number of halogens is 1. The van der Waals surface area contributed by atoms with Gasteiger partial charge in [0, 0.05) is 10.7 Å². The first-order valence-electron chi connectivity index (χ1n) is 6.58. The van der Waals surface area contributed by atoms with E-state index in [9.17, 15) is 4.79 Å². The van der Waals surface area contributed by atoms with Gasteiger partial charge in [-0.3, -0.25) is 4.79 Å². The lowest BCUT2D eigenvalue weighted by Crippen LogP contribution is -2.27. The zero-order valence-corrected chi connectivity index (χ0v) is 12.2. The first-order valence-corrected chi connectivity index (χ1v) is 6.96. The van der Waals surface area contributed by atoms with Gasteiger partial charge in [0.05, 0.1) is 0 Å². The van der Waals surface area contributed by atoms with E-state index >= 15 is 0 Å². The number of nitrogens with one attached hydrogen (secondary N) is 1. The van der Waals surface area contributed by atoms with Crippen molar-refractivity contribution in [3.05, 3.63) is 71.5 Å². The summed E-state index contributed by atoms with van der Waals surface area (Å²) >= 11 is 5.94. The summed E-state index contributed by atoms with van der Waals surface area (Å²) in [5, 5.41) is 14.4. The molecule has 0 spiro atoms. The molecule has 6 nitrogen and oxygen atoms in total. The lowest BCUT2D eigenvalue weighted by molar-refractivity contribution is -0.118. The van der Waals surface area contributed by atoms with Crippen molar-refractivity contribution in [2.75, 3.05) is 5.32 Å². The zero-order valence-electron chi connectivity index (χ0n) is 11.4. The highest BCUT2D eigenvalue weighted by Crippen LogP contribution is 2.21. The predicted octanol–water partition coefficient (Wildman–Crippen LogP) is 2.55. The van der Waals surface area contributed by atoms with E-state index in [2.05, 4.69) is 20.8 Å². The Labute approximate surface area is 131 Å². The lowest BCUT2D eigenvalue weighted by Gasteiger charge is -2.16. The van der Waals surface area contributed by atoms with E-state index in [0.717, 1.165) is 5.56 Å².